The predicted octanol–water partition coefficient (Wildman–Crippen LogP) is 5.22. The molecule has 0 spiro atoms. The van der Waals surface area contributed by atoms with Gasteiger partial charge in [-0.2, -0.15) is 0 Å². The van der Waals surface area contributed by atoms with E-state index in [0.717, 1.165) is 11.3 Å². The van der Waals surface area contributed by atoms with Gasteiger partial charge in [0.15, 0.2) is 0 Å². The van der Waals surface area contributed by atoms with Crippen molar-refractivity contribution in [1.29, 1.82) is 0 Å². The molecule has 0 N–H and O–H groups in total. The molecular weight excluding hydrogens is 268 g/mol. The molecule has 3 rings (SSSR count). The molecule has 2 nitrogen and oxygen atoms in total. The maximum Gasteiger partial charge on any atom is 0.125 e. The van der Waals surface area contributed by atoms with Crippen LogP contribution in [0.4, 0.5) is 0 Å². The van der Waals surface area contributed by atoms with E-state index in [1.54, 1.807) is 0 Å². The van der Waals surface area contributed by atoms with Crippen LogP contribution in [0.15, 0.2) is 18.2 Å². The van der Waals surface area contributed by atoms with Crippen molar-refractivity contribution in [2.75, 3.05) is 0 Å². The van der Waals surface area contributed by atoms with Crippen molar-refractivity contribution < 1.29 is 0 Å². The zero-order valence-corrected chi connectivity index (χ0v) is 13.4. The van der Waals surface area contributed by atoms with E-state index in [0.29, 0.717) is 17.3 Å². The highest BCUT2D eigenvalue weighted by Gasteiger charge is 2.35. The van der Waals surface area contributed by atoms with Crippen LogP contribution < -0.4 is 0 Å². The molecule has 1 unspecified atom stereocenters. The van der Waals surface area contributed by atoms with E-state index >= 15 is 0 Å². The van der Waals surface area contributed by atoms with Gasteiger partial charge >= 0.3 is 0 Å². The molecule has 1 fully saturated rings. The third kappa shape index (κ3) is 2.14. The van der Waals surface area contributed by atoms with Gasteiger partial charge < -0.3 is 4.57 Å². The Hall–Kier alpha value is -1.02. The Bertz CT molecular complexity index is 627. The zero-order chi connectivity index (χ0) is 14.3. The summed E-state index contributed by atoms with van der Waals surface area (Å²) in [5, 5.41) is 0. The minimum atomic E-state index is 0.316. The fourth-order valence-electron chi connectivity index (χ4n) is 3.70. The second-order valence-electron chi connectivity index (χ2n) is 6.72. The van der Waals surface area contributed by atoms with Crippen LogP contribution in [0.2, 0.25) is 0 Å². The summed E-state index contributed by atoms with van der Waals surface area (Å²) in [6.07, 6.45) is 5.16. The predicted molar refractivity (Wildman–Crippen MR) is 85.3 cm³/mol. The average Bonchev–Trinajstić information content (AvgIpc) is 2.78. The molecular formula is C17H23ClN2. The van der Waals surface area contributed by atoms with Crippen LogP contribution in [0.1, 0.15) is 57.0 Å². The van der Waals surface area contributed by atoms with Gasteiger partial charge in [-0.3, -0.25) is 0 Å². The molecule has 1 aliphatic rings. The maximum atomic E-state index is 6.18. The first-order chi connectivity index (χ1) is 9.54. The number of fused-ring (bicyclic) bond motifs is 1. The number of hydrogen-bond acceptors (Lipinski definition) is 1. The summed E-state index contributed by atoms with van der Waals surface area (Å²) in [5.41, 5.74) is 3.92. The van der Waals surface area contributed by atoms with Crippen LogP contribution in [0.5, 0.6) is 0 Å². The van der Waals surface area contributed by atoms with E-state index in [-0.39, 0.29) is 0 Å². The molecule has 1 aromatic heterocycles. The molecule has 0 saturated heterocycles. The van der Waals surface area contributed by atoms with Crippen molar-refractivity contribution in [3.63, 3.8) is 0 Å². The Kier molecular flexibility index (Phi) is 3.53. The maximum absolute atomic E-state index is 6.18. The molecule has 3 heteroatoms. The highest BCUT2D eigenvalue weighted by molar-refractivity contribution is 6.16. The van der Waals surface area contributed by atoms with Gasteiger partial charge in [0.1, 0.15) is 5.82 Å². The fraction of sp³-hybridized carbons (Fsp3) is 0.588. The van der Waals surface area contributed by atoms with Crippen molar-refractivity contribution in [2.24, 2.45) is 5.41 Å². The Balaban J connectivity index is 2.21. The summed E-state index contributed by atoms with van der Waals surface area (Å²) < 4.78 is 2.43. The number of aromatic nitrogens is 2. The Labute approximate surface area is 126 Å². The lowest BCUT2D eigenvalue weighted by Gasteiger charge is -2.40. The number of alkyl halides is 1. The van der Waals surface area contributed by atoms with Crippen LogP contribution in [-0.2, 0) is 5.88 Å². The van der Waals surface area contributed by atoms with Crippen LogP contribution >= 0.6 is 11.6 Å². The second-order valence-corrected chi connectivity index (χ2v) is 6.99. The van der Waals surface area contributed by atoms with Crippen LogP contribution in [0.3, 0.4) is 0 Å². The molecule has 0 aliphatic heterocycles. The highest BCUT2D eigenvalue weighted by atomic mass is 35.5. The summed E-state index contributed by atoms with van der Waals surface area (Å²) in [7, 11) is 0. The number of halogens is 1. The van der Waals surface area contributed by atoms with Crippen molar-refractivity contribution in [3.05, 3.63) is 29.6 Å². The van der Waals surface area contributed by atoms with E-state index in [2.05, 4.69) is 43.5 Å². The number of rotatable bonds is 2. The van der Waals surface area contributed by atoms with Gasteiger partial charge in [0.25, 0.3) is 0 Å². The SMILES string of the molecule is Cc1cccc2c1nc(CCl)n2C1CCCCC1(C)C. The van der Waals surface area contributed by atoms with Gasteiger partial charge in [0, 0.05) is 6.04 Å². The Morgan fingerprint density at radius 3 is 2.85 bits per heavy atom. The van der Waals surface area contributed by atoms with Crippen LogP contribution in [0, 0.1) is 12.3 Å². The van der Waals surface area contributed by atoms with Crippen molar-refractivity contribution in [3.8, 4) is 0 Å². The number of benzene rings is 1. The van der Waals surface area contributed by atoms with Gasteiger partial charge in [-0.1, -0.05) is 38.8 Å². The van der Waals surface area contributed by atoms with Gasteiger partial charge in [-0.05, 0) is 36.8 Å². The number of imidazole rings is 1. The zero-order valence-electron chi connectivity index (χ0n) is 12.6. The van der Waals surface area contributed by atoms with Crippen molar-refractivity contribution in [1.82, 2.24) is 9.55 Å². The lowest BCUT2D eigenvalue weighted by molar-refractivity contribution is 0.145. The second kappa shape index (κ2) is 5.07. The van der Waals surface area contributed by atoms with Gasteiger partial charge in [0.05, 0.1) is 16.9 Å². The average molecular weight is 291 g/mol. The molecule has 20 heavy (non-hydrogen) atoms. The first-order valence-corrected chi connectivity index (χ1v) is 8.10. The molecule has 2 aromatic rings. The topological polar surface area (TPSA) is 17.8 Å². The van der Waals surface area contributed by atoms with Gasteiger partial charge in [0.2, 0.25) is 0 Å². The van der Waals surface area contributed by atoms with E-state index in [1.807, 2.05) is 0 Å². The van der Waals surface area contributed by atoms with Gasteiger partial charge in [-0.15, -0.1) is 11.6 Å². The minimum absolute atomic E-state index is 0.316. The lowest BCUT2D eigenvalue weighted by Crippen LogP contribution is -2.31. The molecule has 1 saturated carbocycles. The summed E-state index contributed by atoms with van der Waals surface area (Å²) in [4.78, 5) is 4.80. The summed E-state index contributed by atoms with van der Waals surface area (Å²) >= 11 is 6.18. The normalized spacial score (nSPS) is 22.3. The highest BCUT2D eigenvalue weighted by Crippen LogP contribution is 2.45. The number of aryl methyl sites for hydroxylation is 1. The van der Waals surface area contributed by atoms with Crippen LogP contribution in [-0.4, -0.2) is 9.55 Å². The number of para-hydroxylation sites is 1. The van der Waals surface area contributed by atoms with E-state index in [4.69, 9.17) is 16.6 Å². The summed E-state index contributed by atoms with van der Waals surface area (Å²) in [6, 6.07) is 6.96. The fourth-order valence-corrected chi connectivity index (χ4v) is 3.89. The van der Waals surface area contributed by atoms with Gasteiger partial charge in [-0.25, -0.2) is 4.98 Å². The molecule has 1 atom stereocenters. The Morgan fingerprint density at radius 1 is 1.35 bits per heavy atom. The molecule has 0 amide bonds. The third-order valence-electron chi connectivity index (χ3n) is 4.88. The van der Waals surface area contributed by atoms with E-state index in [1.165, 1.54) is 36.8 Å². The van der Waals surface area contributed by atoms with Crippen molar-refractivity contribution >= 4 is 22.6 Å². The lowest BCUT2D eigenvalue weighted by atomic mass is 9.73. The molecule has 1 aliphatic carbocycles. The molecule has 108 valence electrons. The smallest absolute Gasteiger partial charge is 0.125 e. The standard InChI is InChI=1S/C17H23ClN2/c1-12-7-6-8-13-16(12)19-15(11-18)20(13)14-9-4-5-10-17(14,2)3/h6-8,14H,4-5,9-11H2,1-3H3. The van der Waals surface area contributed by atoms with Crippen molar-refractivity contribution in [2.45, 2.75) is 58.4 Å². The third-order valence-corrected chi connectivity index (χ3v) is 5.12. The van der Waals surface area contributed by atoms with E-state index < -0.39 is 0 Å². The molecule has 0 bridgehead atoms. The summed E-state index contributed by atoms with van der Waals surface area (Å²) in [5.74, 6) is 1.51. The monoisotopic (exact) mass is 290 g/mol. The quantitative estimate of drug-likeness (QED) is 0.693. The first kappa shape index (κ1) is 13.9. The molecule has 0 radical (unpaired) electrons. The largest absolute Gasteiger partial charge is 0.323 e. The number of hydrogen-bond donors (Lipinski definition) is 0. The number of nitrogens with zero attached hydrogens (tertiary/aromatic N) is 2. The van der Waals surface area contributed by atoms with E-state index in [9.17, 15) is 0 Å². The molecule has 1 heterocycles. The summed E-state index contributed by atoms with van der Waals surface area (Å²) in [6.45, 7) is 6.90. The first-order valence-electron chi connectivity index (χ1n) is 7.57. The molecule has 1 aromatic carbocycles. The minimum Gasteiger partial charge on any atom is -0.323 e. The Morgan fingerprint density at radius 2 is 2.15 bits per heavy atom. The van der Waals surface area contributed by atoms with Crippen LogP contribution in [0.25, 0.3) is 11.0 Å².